The summed E-state index contributed by atoms with van der Waals surface area (Å²) in [6.45, 7) is 0.527. The molecule has 1 heterocycles. The highest BCUT2D eigenvalue weighted by atomic mass is 16.2. The van der Waals surface area contributed by atoms with Crippen molar-refractivity contribution in [2.24, 2.45) is 5.92 Å². The Bertz CT molecular complexity index is 698. The minimum absolute atomic E-state index is 0.0134. The van der Waals surface area contributed by atoms with Crippen molar-refractivity contribution in [3.63, 3.8) is 0 Å². The number of carbonyl (C=O) groups is 2. The highest BCUT2D eigenvalue weighted by molar-refractivity contribution is 5.96. The lowest BCUT2D eigenvalue weighted by Crippen LogP contribution is -2.31. The van der Waals surface area contributed by atoms with Gasteiger partial charge >= 0.3 is 0 Å². The van der Waals surface area contributed by atoms with E-state index < -0.39 is 0 Å². The van der Waals surface area contributed by atoms with Crippen LogP contribution in [0, 0.1) is 5.92 Å². The Morgan fingerprint density at radius 1 is 1.09 bits per heavy atom. The monoisotopic (exact) mass is 308 g/mol. The molecule has 23 heavy (non-hydrogen) atoms. The quantitative estimate of drug-likeness (QED) is 0.892. The van der Waals surface area contributed by atoms with Crippen molar-refractivity contribution in [3.8, 4) is 0 Å². The van der Waals surface area contributed by atoms with E-state index in [0.29, 0.717) is 25.8 Å². The van der Waals surface area contributed by atoms with E-state index in [2.05, 4.69) is 10.6 Å². The van der Waals surface area contributed by atoms with Crippen molar-refractivity contribution in [3.05, 3.63) is 65.7 Å². The molecule has 0 radical (unpaired) electrons. The average Bonchev–Trinajstić information content (AvgIpc) is 2.59. The third kappa shape index (κ3) is 3.97. The molecule has 1 aliphatic rings. The molecule has 1 aliphatic heterocycles. The fraction of sp³-hybridized carbons (Fsp3) is 0.263. The molecule has 0 bridgehead atoms. The molecule has 118 valence electrons. The third-order valence-electron chi connectivity index (χ3n) is 4.16. The third-order valence-corrected chi connectivity index (χ3v) is 4.16. The summed E-state index contributed by atoms with van der Waals surface area (Å²) in [5.74, 6) is -0.132. The number of para-hydroxylation sites is 1. The van der Waals surface area contributed by atoms with E-state index in [0.717, 1.165) is 16.8 Å². The van der Waals surface area contributed by atoms with Gasteiger partial charge in [0.25, 0.3) is 0 Å². The summed E-state index contributed by atoms with van der Waals surface area (Å²) in [5.41, 5.74) is 3.11. The maximum Gasteiger partial charge on any atom is 0.227 e. The van der Waals surface area contributed by atoms with Crippen LogP contribution < -0.4 is 10.6 Å². The zero-order valence-corrected chi connectivity index (χ0v) is 12.9. The van der Waals surface area contributed by atoms with Gasteiger partial charge in [0.2, 0.25) is 11.8 Å². The summed E-state index contributed by atoms with van der Waals surface area (Å²) >= 11 is 0. The lowest BCUT2D eigenvalue weighted by molar-refractivity contribution is -0.122. The van der Waals surface area contributed by atoms with Crippen LogP contribution in [0.25, 0.3) is 0 Å². The molecule has 4 heteroatoms. The molecule has 2 aromatic carbocycles. The molecule has 2 aromatic rings. The summed E-state index contributed by atoms with van der Waals surface area (Å²) in [6.07, 6.45) is 1.64. The fourth-order valence-electron chi connectivity index (χ4n) is 2.84. The van der Waals surface area contributed by atoms with Gasteiger partial charge in [-0.05, 0) is 30.0 Å². The normalized spacial score (nSPS) is 16.3. The zero-order valence-electron chi connectivity index (χ0n) is 12.9. The average molecular weight is 308 g/mol. The molecule has 2 N–H and O–H groups in total. The standard InChI is InChI=1S/C19H20N2O2/c22-18(20-13-14-6-2-1-3-7-14)11-10-16-12-15-8-4-5-9-17(15)21-19(16)23/h1-9,16H,10-13H2,(H,20,22)(H,21,23). The van der Waals surface area contributed by atoms with Crippen molar-refractivity contribution >= 4 is 17.5 Å². The van der Waals surface area contributed by atoms with Gasteiger partial charge in [0, 0.05) is 24.6 Å². The number of hydrogen-bond acceptors (Lipinski definition) is 2. The number of anilines is 1. The number of hydrogen-bond donors (Lipinski definition) is 2. The van der Waals surface area contributed by atoms with Crippen LogP contribution in [0.3, 0.4) is 0 Å². The topological polar surface area (TPSA) is 58.2 Å². The van der Waals surface area contributed by atoms with Crippen LogP contribution in [0.15, 0.2) is 54.6 Å². The molecule has 0 saturated heterocycles. The van der Waals surface area contributed by atoms with E-state index in [1.807, 2.05) is 54.6 Å². The molecule has 2 amide bonds. The van der Waals surface area contributed by atoms with Crippen LogP contribution >= 0.6 is 0 Å². The first-order valence-electron chi connectivity index (χ1n) is 7.92. The first kappa shape index (κ1) is 15.3. The van der Waals surface area contributed by atoms with E-state index in [1.165, 1.54) is 0 Å². The molecule has 4 nitrogen and oxygen atoms in total. The number of amides is 2. The van der Waals surface area contributed by atoms with Crippen molar-refractivity contribution in [1.29, 1.82) is 0 Å². The second-order valence-electron chi connectivity index (χ2n) is 5.85. The Balaban J connectivity index is 1.48. The van der Waals surface area contributed by atoms with Crippen LogP contribution in [0.2, 0.25) is 0 Å². The van der Waals surface area contributed by atoms with Crippen molar-refractivity contribution in [2.75, 3.05) is 5.32 Å². The largest absolute Gasteiger partial charge is 0.352 e. The van der Waals surface area contributed by atoms with Gasteiger partial charge in [-0.15, -0.1) is 0 Å². The lowest BCUT2D eigenvalue weighted by Gasteiger charge is -2.24. The van der Waals surface area contributed by atoms with Gasteiger partial charge in [0.1, 0.15) is 0 Å². The predicted octanol–water partition coefficient (Wildman–Crippen LogP) is 2.89. The van der Waals surface area contributed by atoms with Gasteiger partial charge in [-0.25, -0.2) is 0 Å². The summed E-state index contributed by atoms with van der Waals surface area (Å²) in [5, 5.41) is 5.82. The summed E-state index contributed by atoms with van der Waals surface area (Å²) in [7, 11) is 0. The van der Waals surface area contributed by atoms with Crippen LogP contribution in [-0.2, 0) is 22.6 Å². The van der Waals surface area contributed by atoms with Gasteiger partial charge in [-0.1, -0.05) is 48.5 Å². The van der Waals surface area contributed by atoms with E-state index in [4.69, 9.17) is 0 Å². The SMILES string of the molecule is O=C(CCC1Cc2ccccc2NC1=O)NCc1ccccc1. The molecule has 3 rings (SSSR count). The summed E-state index contributed by atoms with van der Waals surface area (Å²) < 4.78 is 0. The Kier molecular flexibility index (Phi) is 4.71. The van der Waals surface area contributed by atoms with E-state index in [-0.39, 0.29) is 17.7 Å². The molecular weight excluding hydrogens is 288 g/mol. The maximum absolute atomic E-state index is 12.1. The summed E-state index contributed by atoms with van der Waals surface area (Å²) in [4.78, 5) is 24.1. The zero-order chi connectivity index (χ0) is 16.1. The number of fused-ring (bicyclic) bond motifs is 1. The van der Waals surface area contributed by atoms with Crippen LogP contribution in [0.4, 0.5) is 5.69 Å². The number of nitrogens with one attached hydrogen (secondary N) is 2. The summed E-state index contributed by atoms with van der Waals surface area (Å²) in [6, 6.07) is 17.6. The Morgan fingerprint density at radius 3 is 2.65 bits per heavy atom. The van der Waals surface area contributed by atoms with Crippen LogP contribution in [0.1, 0.15) is 24.0 Å². The molecule has 0 aliphatic carbocycles. The minimum atomic E-state index is -0.132. The molecule has 0 spiro atoms. The number of rotatable bonds is 5. The molecule has 0 saturated carbocycles. The number of benzene rings is 2. The van der Waals surface area contributed by atoms with Crippen LogP contribution in [0.5, 0.6) is 0 Å². The second kappa shape index (κ2) is 7.09. The molecular formula is C19H20N2O2. The number of carbonyl (C=O) groups excluding carboxylic acids is 2. The highest BCUT2D eigenvalue weighted by Crippen LogP contribution is 2.27. The van der Waals surface area contributed by atoms with Crippen molar-refractivity contribution < 1.29 is 9.59 Å². The van der Waals surface area contributed by atoms with E-state index in [9.17, 15) is 9.59 Å². The first-order chi connectivity index (χ1) is 11.2. The highest BCUT2D eigenvalue weighted by Gasteiger charge is 2.26. The van der Waals surface area contributed by atoms with Crippen LogP contribution in [-0.4, -0.2) is 11.8 Å². The lowest BCUT2D eigenvalue weighted by atomic mass is 9.89. The molecule has 0 fully saturated rings. The van der Waals surface area contributed by atoms with Crippen molar-refractivity contribution in [2.45, 2.75) is 25.8 Å². The van der Waals surface area contributed by atoms with Gasteiger partial charge < -0.3 is 10.6 Å². The van der Waals surface area contributed by atoms with Gasteiger partial charge in [-0.3, -0.25) is 9.59 Å². The first-order valence-corrected chi connectivity index (χ1v) is 7.92. The van der Waals surface area contributed by atoms with Gasteiger partial charge in [0.15, 0.2) is 0 Å². The van der Waals surface area contributed by atoms with Gasteiger partial charge in [-0.2, -0.15) is 0 Å². The molecule has 1 atom stereocenters. The molecule has 0 aromatic heterocycles. The Morgan fingerprint density at radius 2 is 1.83 bits per heavy atom. The van der Waals surface area contributed by atoms with Crippen molar-refractivity contribution in [1.82, 2.24) is 5.32 Å². The maximum atomic E-state index is 12.1. The van der Waals surface area contributed by atoms with Gasteiger partial charge in [0.05, 0.1) is 0 Å². The molecule has 1 unspecified atom stereocenters. The second-order valence-corrected chi connectivity index (χ2v) is 5.85. The predicted molar refractivity (Wildman–Crippen MR) is 89.8 cm³/mol. The Labute approximate surface area is 135 Å². The minimum Gasteiger partial charge on any atom is -0.352 e. The van der Waals surface area contributed by atoms with E-state index in [1.54, 1.807) is 0 Å². The Hall–Kier alpha value is -2.62. The fourth-order valence-corrected chi connectivity index (χ4v) is 2.84. The smallest absolute Gasteiger partial charge is 0.227 e. The van der Waals surface area contributed by atoms with E-state index >= 15 is 0 Å².